The Hall–Kier alpha value is -2.26. The summed E-state index contributed by atoms with van der Waals surface area (Å²) in [5.41, 5.74) is 6.03. The fraction of sp³-hybridized carbons (Fsp3) is 0.571. The standard InChI is InChI=1S/C21H30N2O6S/c1-3-4-17(12-30-13-19(24)25)29-11-14-9-18(20(22)26)23(10-14)21(27)15-5-7-16(28-2)8-6-15/h5-8,14,17-18H,3-4,9-13H2,1-2H3,(H2,22,26)(H,24,25)/t14?,17-,18+/m1/s1. The first-order valence-electron chi connectivity index (χ1n) is 10.0. The Morgan fingerprint density at radius 3 is 2.57 bits per heavy atom. The molecule has 30 heavy (non-hydrogen) atoms. The smallest absolute Gasteiger partial charge is 0.313 e. The summed E-state index contributed by atoms with van der Waals surface area (Å²) in [6.45, 7) is 2.83. The number of ether oxygens (including phenoxy) is 2. The molecule has 1 aromatic carbocycles. The minimum Gasteiger partial charge on any atom is -0.497 e. The van der Waals surface area contributed by atoms with Crippen LogP contribution in [0.25, 0.3) is 0 Å². The number of carbonyl (C=O) groups is 3. The highest BCUT2D eigenvalue weighted by Gasteiger charge is 2.39. The van der Waals surface area contributed by atoms with E-state index in [-0.39, 0.29) is 23.7 Å². The third kappa shape index (κ3) is 6.91. The first-order valence-corrected chi connectivity index (χ1v) is 11.2. The summed E-state index contributed by atoms with van der Waals surface area (Å²) >= 11 is 1.33. The molecule has 0 spiro atoms. The van der Waals surface area contributed by atoms with Crippen LogP contribution in [0.4, 0.5) is 0 Å². The highest BCUT2D eigenvalue weighted by atomic mass is 32.2. The lowest BCUT2D eigenvalue weighted by Gasteiger charge is -2.22. The van der Waals surface area contributed by atoms with E-state index in [0.717, 1.165) is 12.8 Å². The van der Waals surface area contributed by atoms with E-state index in [2.05, 4.69) is 0 Å². The monoisotopic (exact) mass is 438 g/mol. The van der Waals surface area contributed by atoms with Crippen LogP contribution in [0.3, 0.4) is 0 Å². The number of thioether (sulfide) groups is 1. The Balaban J connectivity index is 1.97. The van der Waals surface area contributed by atoms with Gasteiger partial charge in [0, 0.05) is 23.8 Å². The van der Waals surface area contributed by atoms with Crippen LogP contribution >= 0.6 is 11.8 Å². The van der Waals surface area contributed by atoms with E-state index in [1.165, 1.54) is 16.7 Å². The van der Waals surface area contributed by atoms with Gasteiger partial charge in [-0.05, 0) is 37.1 Å². The van der Waals surface area contributed by atoms with Crippen molar-refractivity contribution in [1.82, 2.24) is 4.90 Å². The van der Waals surface area contributed by atoms with Crippen molar-refractivity contribution in [1.29, 1.82) is 0 Å². The number of carboxylic acids is 1. The molecule has 0 aromatic heterocycles. The van der Waals surface area contributed by atoms with E-state index in [4.69, 9.17) is 20.3 Å². The van der Waals surface area contributed by atoms with Gasteiger partial charge in [-0.3, -0.25) is 14.4 Å². The predicted molar refractivity (Wildman–Crippen MR) is 115 cm³/mol. The van der Waals surface area contributed by atoms with Crippen LogP contribution < -0.4 is 10.5 Å². The lowest BCUT2D eigenvalue weighted by atomic mass is 10.1. The molecule has 1 aromatic rings. The van der Waals surface area contributed by atoms with Crippen LogP contribution in [0, 0.1) is 5.92 Å². The van der Waals surface area contributed by atoms with Gasteiger partial charge in [-0.15, -0.1) is 11.8 Å². The first kappa shape index (κ1) is 24.0. The third-order valence-electron chi connectivity index (χ3n) is 5.02. The van der Waals surface area contributed by atoms with Gasteiger partial charge in [-0.2, -0.15) is 0 Å². The maximum atomic E-state index is 12.9. The number of likely N-dealkylation sites (tertiary alicyclic amines) is 1. The number of rotatable bonds is 12. The maximum Gasteiger partial charge on any atom is 0.313 e. The van der Waals surface area contributed by atoms with Gasteiger partial charge >= 0.3 is 5.97 Å². The molecule has 0 aliphatic carbocycles. The molecule has 3 atom stereocenters. The number of carbonyl (C=O) groups excluding carboxylic acids is 2. The van der Waals surface area contributed by atoms with E-state index in [1.807, 2.05) is 6.92 Å². The Bertz CT molecular complexity index is 727. The molecule has 0 bridgehead atoms. The summed E-state index contributed by atoms with van der Waals surface area (Å²) in [5.74, 6) is -0.334. The maximum absolute atomic E-state index is 12.9. The number of carboxylic acid groups (broad SMARTS) is 1. The highest BCUT2D eigenvalue weighted by molar-refractivity contribution is 7.99. The van der Waals surface area contributed by atoms with Crippen molar-refractivity contribution in [2.24, 2.45) is 11.7 Å². The van der Waals surface area contributed by atoms with Crippen molar-refractivity contribution < 1.29 is 29.0 Å². The zero-order valence-electron chi connectivity index (χ0n) is 17.4. The van der Waals surface area contributed by atoms with Crippen molar-refractivity contribution in [2.75, 3.05) is 31.8 Å². The molecule has 0 saturated carbocycles. The second-order valence-corrected chi connectivity index (χ2v) is 8.39. The number of primary amides is 1. The fourth-order valence-corrected chi connectivity index (χ4v) is 4.34. The number of nitrogens with two attached hydrogens (primary N) is 1. The van der Waals surface area contributed by atoms with E-state index < -0.39 is 17.9 Å². The summed E-state index contributed by atoms with van der Waals surface area (Å²) in [5, 5.41) is 8.79. The van der Waals surface area contributed by atoms with E-state index >= 15 is 0 Å². The largest absolute Gasteiger partial charge is 0.497 e. The topological polar surface area (TPSA) is 119 Å². The minimum atomic E-state index is -0.844. The summed E-state index contributed by atoms with van der Waals surface area (Å²) in [7, 11) is 1.55. The van der Waals surface area contributed by atoms with Gasteiger partial charge < -0.3 is 25.2 Å². The molecular weight excluding hydrogens is 408 g/mol. The minimum absolute atomic E-state index is 0.00599. The van der Waals surface area contributed by atoms with Gasteiger partial charge in [-0.1, -0.05) is 13.3 Å². The van der Waals surface area contributed by atoms with Gasteiger partial charge in [0.1, 0.15) is 11.8 Å². The molecule has 0 radical (unpaired) electrons. The summed E-state index contributed by atoms with van der Waals surface area (Å²) in [6.07, 6.45) is 2.15. The number of hydrogen-bond acceptors (Lipinski definition) is 6. The van der Waals surface area contributed by atoms with Gasteiger partial charge in [0.05, 0.1) is 25.6 Å². The Morgan fingerprint density at radius 2 is 2.00 bits per heavy atom. The lowest BCUT2D eigenvalue weighted by molar-refractivity contribution is -0.134. The summed E-state index contributed by atoms with van der Waals surface area (Å²) in [4.78, 5) is 37.1. The average Bonchev–Trinajstić information content (AvgIpc) is 3.16. The van der Waals surface area contributed by atoms with Crippen molar-refractivity contribution in [3.63, 3.8) is 0 Å². The molecule has 1 aliphatic rings. The van der Waals surface area contributed by atoms with Crippen LogP contribution in [0.15, 0.2) is 24.3 Å². The van der Waals surface area contributed by atoms with Gasteiger partial charge in [0.2, 0.25) is 5.91 Å². The number of amides is 2. The average molecular weight is 439 g/mol. The molecule has 2 rings (SSSR count). The second-order valence-electron chi connectivity index (χ2n) is 7.36. The summed E-state index contributed by atoms with van der Waals surface area (Å²) < 4.78 is 11.1. The normalized spacial score (nSPS) is 19.5. The van der Waals surface area contributed by atoms with Gasteiger partial charge in [-0.25, -0.2) is 0 Å². The van der Waals surface area contributed by atoms with Crippen LogP contribution in [-0.2, 0) is 14.3 Å². The molecule has 8 nitrogen and oxygen atoms in total. The molecule has 9 heteroatoms. The predicted octanol–water partition coefficient (Wildman–Crippen LogP) is 2.01. The van der Waals surface area contributed by atoms with Crippen molar-refractivity contribution in [2.45, 2.75) is 38.3 Å². The number of hydrogen-bond donors (Lipinski definition) is 2. The van der Waals surface area contributed by atoms with Crippen molar-refractivity contribution >= 4 is 29.5 Å². The van der Waals surface area contributed by atoms with Crippen molar-refractivity contribution in [3.05, 3.63) is 29.8 Å². The molecule has 3 N–H and O–H groups in total. The molecular formula is C21H30N2O6S. The van der Waals surface area contributed by atoms with Gasteiger partial charge in [0.25, 0.3) is 5.91 Å². The Kier molecular flexibility index (Phi) is 9.45. The fourth-order valence-electron chi connectivity index (χ4n) is 3.52. The number of nitrogens with zero attached hydrogens (tertiary/aromatic N) is 1. The SMILES string of the molecule is CCC[C@H](CSCC(=O)O)OCC1C[C@@H](C(N)=O)N(C(=O)c2ccc(OC)cc2)C1. The first-order chi connectivity index (χ1) is 14.3. The molecule has 1 saturated heterocycles. The van der Waals surface area contributed by atoms with Crippen LogP contribution in [0.1, 0.15) is 36.5 Å². The Labute approximate surface area is 181 Å². The molecule has 2 amide bonds. The van der Waals surface area contributed by atoms with E-state index in [9.17, 15) is 14.4 Å². The second kappa shape index (κ2) is 11.8. The number of aliphatic carboxylic acids is 1. The van der Waals surface area contributed by atoms with Crippen LogP contribution in [0.5, 0.6) is 5.75 Å². The number of methoxy groups -OCH3 is 1. The van der Waals surface area contributed by atoms with E-state index in [0.29, 0.717) is 36.6 Å². The van der Waals surface area contributed by atoms with E-state index in [1.54, 1.807) is 31.4 Å². The molecule has 1 unspecified atom stereocenters. The molecule has 166 valence electrons. The van der Waals surface area contributed by atoms with Crippen LogP contribution in [-0.4, -0.2) is 71.7 Å². The molecule has 1 aliphatic heterocycles. The Morgan fingerprint density at radius 1 is 1.30 bits per heavy atom. The van der Waals surface area contributed by atoms with Gasteiger partial charge in [0.15, 0.2) is 0 Å². The summed E-state index contributed by atoms with van der Waals surface area (Å²) in [6, 6.07) is 6.07. The lowest BCUT2D eigenvalue weighted by Crippen LogP contribution is -2.43. The molecule has 1 fully saturated rings. The highest BCUT2D eigenvalue weighted by Crippen LogP contribution is 2.27. The third-order valence-corrected chi connectivity index (χ3v) is 6.08. The quantitative estimate of drug-likeness (QED) is 0.512. The molecule has 1 heterocycles. The zero-order valence-corrected chi connectivity index (χ0v) is 18.2. The number of benzene rings is 1. The zero-order chi connectivity index (χ0) is 22.1. The van der Waals surface area contributed by atoms with Crippen molar-refractivity contribution in [3.8, 4) is 5.75 Å². The van der Waals surface area contributed by atoms with Crippen LogP contribution in [0.2, 0.25) is 0 Å².